The van der Waals surface area contributed by atoms with Crippen molar-refractivity contribution >= 4 is 5.69 Å². The summed E-state index contributed by atoms with van der Waals surface area (Å²) in [5.41, 5.74) is 8.22. The second-order valence-electron chi connectivity index (χ2n) is 5.79. The molecule has 1 unspecified atom stereocenters. The van der Waals surface area contributed by atoms with Crippen LogP contribution >= 0.6 is 0 Å². The molecule has 1 fully saturated rings. The quantitative estimate of drug-likeness (QED) is 0.885. The lowest BCUT2D eigenvalue weighted by Gasteiger charge is -2.23. The second-order valence-corrected chi connectivity index (χ2v) is 5.79. The van der Waals surface area contributed by atoms with Gasteiger partial charge in [-0.15, -0.1) is 0 Å². The summed E-state index contributed by atoms with van der Waals surface area (Å²) >= 11 is 0. The third-order valence-electron chi connectivity index (χ3n) is 4.25. The molecule has 1 aliphatic heterocycles. The van der Waals surface area contributed by atoms with Gasteiger partial charge in [0.2, 0.25) is 0 Å². The van der Waals surface area contributed by atoms with Gasteiger partial charge in [-0.2, -0.15) is 0 Å². The molecule has 100 valence electrons. The average Bonchev–Trinajstić information content (AvgIpc) is 2.64. The lowest BCUT2D eigenvalue weighted by atomic mass is 9.89. The van der Waals surface area contributed by atoms with E-state index >= 15 is 0 Å². The summed E-state index contributed by atoms with van der Waals surface area (Å²) in [5, 5.41) is 0. The fourth-order valence-electron chi connectivity index (χ4n) is 2.89. The van der Waals surface area contributed by atoms with Crippen LogP contribution in [0.5, 0.6) is 0 Å². The number of hydrogen-bond acceptors (Lipinski definition) is 2. The van der Waals surface area contributed by atoms with Gasteiger partial charge < -0.3 is 10.6 Å². The topological polar surface area (TPSA) is 29.3 Å². The van der Waals surface area contributed by atoms with Gasteiger partial charge in [0.25, 0.3) is 0 Å². The molecule has 2 nitrogen and oxygen atoms in total. The molecule has 18 heavy (non-hydrogen) atoms. The van der Waals surface area contributed by atoms with E-state index in [-0.39, 0.29) is 0 Å². The predicted molar refractivity (Wildman–Crippen MR) is 78.7 cm³/mol. The van der Waals surface area contributed by atoms with E-state index in [1.165, 1.54) is 43.6 Å². The first-order valence-corrected chi connectivity index (χ1v) is 7.24. The maximum Gasteiger partial charge on any atom is 0.0366 e. The zero-order valence-electron chi connectivity index (χ0n) is 11.7. The lowest BCUT2D eigenvalue weighted by molar-refractivity contribution is 0.351. The molecule has 0 saturated carbocycles. The van der Waals surface area contributed by atoms with Crippen LogP contribution in [0.2, 0.25) is 0 Å². The lowest BCUT2D eigenvalue weighted by Crippen LogP contribution is -2.24. The Balaban J connectivity index is 2.00. The van der Waals surface area contributed by atoms with Gasteiger partial charge in [-0.25, -0.2) is 0 Å². The van der Waals surface area contributed by atoms with E-state index in [1.54, 1.807) is 0 Å². The highest BCUT2D eigenvalue weighted by atomic mass is 15.1. The Morgan fingerprint density at radius 2 is 1.89 bits per heavy atom. The van der Waals surface area contributed by atoms with Crippen LogP contribution in [-0.2, 0) is 6.54 Å². The highest BCUT2D eigenvalue weighted by Crippen LogP contribution is 2.27. The molecule has 0 amide bonds. The molecule has 2 N–H and O–H groups in total. The normalized spacial score (nSPS) is 21.1. The van der Waals surface area contributed by atoms with Gasteiger partial charge in [0.05, 0.1) is 0 Å². The molecule has 0 aliphatic carbocycles. The zero-order chi connectivity index (χ0) is 13.0. The first-order valence-electron chi connectivity index (χ1n) is 7.24. The molecular weight excluding hydrogens is 220 g/mol. The minimum absolute atomic E-state index is 0.635. The minimum Gasteiger partial charge on any atom is -0.372 e. The van der Waals surface area contributed by atoms with Crippen LogP contribution in [0, 0.1) is 11.8 Å². The average molecular weight is 246 g/mol. The van der Waals surface area contributed by atoms with Gasteiger partial charge in [-0.3, -0.25) is 0 Å². The summed E-state index contributed by atoms with van der Waals surface area (Å²) in [6, 6.07) is 8.75. The van der Waals surface area contributed by atoms with Crippen LogP contribution in [0.1, 0.15) is 38.7 Å². The Labute approximate surface area is 111 Å². The van der Waals surface area contributed by atoms with Gasteiger partial charge in [0.15, 0.2) is 0 Å². The third-order valence-corrected chi connectivity index (χ3v) is 4.25. The Bertz CT molecular complexity index is 356. The monoisotopic (exact) mass is 246 g/mol. The van der Waals surface area contributed by atoms with Crippen molar-refractivity contribution in [2.45, 2.75) is 39.7 Å². The maximum absolute atomic E-state index is 5.64. The highest BCUT2D eigenvalue weighted by molar-refractivity contribution is 5.47. The first kappa shape index (κ1) is 13.4. The van der Waals surface area contributed by atoms with Gasteiger partial charge in [-0.05, 0) is 48.8 Å². The van der Waals surface area contributed by atoms with Crippen molar-refractivity contribution < 1.29 is 0 Å². The van der Waals surface area contributed by atoms with Gasteiger partial charge in [-0.1, -0.05) is 26.0 Å². The minimum atomic E-state index is 0.635. The number of nitrogens with two attached hydrogens (primary N) is 1. The summed E-state index contributed by atoms with van der Waals surface area (Å²) < 4.78 is 0. The number of hydrogen-bond donors (Lipinski definition) is 1. The van der Waals surface area contributed by atoms with Gasteiger partial charge in [0, 0.05) is 25.3 Å². The van der Waals surface area contributed by atoms with Crippen LogP contribution in [0.3, 0.4) is 0 Å². The standard InChI is InChI=1S/C16H26N2/c1-13(2)15-4-3-10-18(11-9-15)16-7-5-14(12-17)6-8-16/h5-8,13,15H,3-4,9-12,17H2,1-2H3. The van der Waals surface area contributed by atoms with E-state index in [2.05, 4.69) is 43.0 Å². The van der Waals surface area contributed by atoms with Gasteiger partial charge >= 0.3 is 0 Å². The van der Waals surface area contributed by atoms with E-state index in [0.717, 1.165) is 11.8 Å². The van der Waals surface area contributed by atoms with E-state index in [9.17, 15) is 0 Å². The van der Waals surface area contributed by atoms with Crippen LogP contribution in [-0.4, -0.2) is 13.1 Å². The fourth-order valence-corrected chi connectivity index (χ4v) is 2.89. The molecular formula is C16H26N2. The smallest absolute Gasteiger partial charge is 0.0366 e. The summed E-state index contributed by atoms with van der Waals surface area (Å²) in [6.07, 6.45) is 4.03. The van der Waals surface area contributed by atoms with Crippen molar-refractivity contribution in [3.63, 3.8) is 0 Å². The summed E-state index contributed by atoms with van der Waals surface area (Å²) in [7, 11) is 0. The third kappa shape index (κ3) is 3.26. The van der Waals surface area contributed by atoms with E-state index in [1.807, 2.05) is 0 Å². The van der Waals surface area contributed by atoms with E-state index < -0.39 is 0 Å². The van der Waals surface area contributed by atoms with Crippen molar-refractivity contribution in [3.05, 3.63) is 29.8 Å². The van der Waals surface area contributed by atoms with Crippen molar-refractivity contribution in [1.29, 1.82) is 0 Å². The van der Waals surface area contributed by atoms with Crippen molar-refractivity contribution in [3.8, 4) is 0 Å². The zero-order valence-corrected chi connectivity index (χ0v) is 11.7. The summed E-state index contributed by atoms with van der Waals surface area (Å²) in [5.74, 6) is 1.72. The van der Waals surface area contributed by atoms with Crippen LogP contribution in [0.25, 0.3) is 0 Å². The fraction of sp³-hybridized carbons (Fsp3) is 0.625. The van der Waals surface area contributed by atoms with Crippen LogP contribution in [0.4, 0.5) is 5.69 Å². The maximum atomic E-state index is 5.64. The molecule has 2 heteroatoms. The SMILES string of the molecule is CC(C)C1CCCN(c2ccc(CN)cc2)CC1. The van der Waals surface area contributed by atoms with E-state index in [0.29, 0.717) is 6.54 Å². The van der Waals surface area contributed by atoms with Gasteiger partial charge in [0.1, 0.15) is 0 Å². The molecule has 1 aromatic rings. The highest BCUT2D eigenvalue weighted by Gasteiger charge is 2.19. The molecule has 0 spiro atoms. The largest absolute Gasteiger partial charge is 0.372 e. The molecule has 0 bridgehead atoms. The van der Waals surface area contributed by atoms with Crippen molar-refractivity contribution in [2.24, 2.45) is 17.6 Å². The van der Waals surface area contributed by atoms with Crippen molar-refractivity contribution in [2.75, 3.05) is 18.0 Å². The Hall–Kier alpha value is -1.02. The molecule has 0 radical (unpaired) electrons. The molecule has 1 aliphatic rings. The molecule has 1 heterocycles. The second kappa shape index (κ2) is 6.24. The number of nitrogens with zero attached hydrogens (tertiary/aromatic N) is 1. The number of rotatable bonds is 3. The predicted octanol–water partition coefficient (Wildman–Crippen LogP) is 3.41. The molecule has 1 saturated heterocycles. The molecule has 2 rings (SSSR count). The number of benzene rings is 1. The molecule has 0 aromatic heterocycles. The Kier molecular flexibility index (Phi) is 4.65. The van der Waals surface area contributed by atoms with Crippen LogP contribution < -0.4 is 10.6 Å². The van der Waals surface area contributed by atoms with Crippen molar-refractivity contribution in [1.82, 2.24) is 0 Å². The Morgan fingerprint density at radius 1 is 1.17 bits per heavy atom. The molecule has 1 atom stereocenters. The van der Waals surface area contributed by atoms with Crippen LogP contribution in [0.15, 0.2) is 24.3 Å². The molecule has 1 aromatic carbocycles. The summed E-state index contributed by atoms with van der Waals surface area (Å²) in [6.45, 7) is 7.75. The first-order chi connectivity index (χ1) is 8.70. The van der Waals surface area contributed by atoms with E-state index in [4.69, 9.17) is 5.73 Å². The Morgan fingerprint density at radius 3 is 2.50 bits per heavy atom. The number of anilines is 1. The summed E-state index contributed by atoms with van der Waals surface area (Å²) in [4.78, 5) is 2.53.